The van der Waals surface area contributed by atoms with E-state index in [-0.39, 0.29) is 5.91 Å². The molecule has 1 amide bonds. The molecule has 0 spiro atoms. The molecule has 2 aromatic rings. The summed E-state index contributed by atoms with van der Waals surface area (Å²) in [6.07, 6.45) is 6.76. The Kier molecular flexibility index (Phi) is 4.37. The number of nitrogens with one attached hydrogen (secondary N) is 2. The van der Waals surface area contributed by atoms with Gasteiger partial charge in [-0.15, -0.1) is 0 Å². The summed E-state index contributed by atoms with van der Waals surface area (Å²) in [4.78, 5) is 16.4. The van der Waals surface area contributed by atoms with Crippen LogP contribution in [0.2, 0.25) is 0 Å². The summed E-state index contributed by atoms with van der Waals surface area (Å²) in [7, 11) is 0. The summed E-state index contributed by atoms with van der Waals surface area (Å²) in [5.74, 6) is -0.184. The molecule has 4 nitrogen and oxygen atoms in total. The van der Waals surface area contributed by atoms with Crippen LogP contribution < -0.4 is 10.6 Å². The van der Waals surface area contributed by atoms with Gasteiger partial charge in [-0.05, 0) is 44.0 Å². The quantitative estimate of drug-likeness (QED) is 0.896. The van der Waals surface area contributed by atoms with Crippen LogP contribution in [0.15, 0.2) is 42.6 Å². The van der Waals surface area contributed by atoms with E-state index < -0.39 is 0 Å². The van der Waals surface area contributed by atoms with E-state index in [0.717, 1.165) is 11.4 Å². The molecule has 22 heavy (non-hydrogen) atoms. The molecule has 1 saturated carbocycles. The highest BCUT2D eigenvalue weighted by Gasteiger charge is 2.15. The Morgan fingerprint density at radius 2 is 1.73 bits per heavy atom. The first kappa shape index (κ1) is 14.6. The van der Waals surface area contributed by atoms with E-state index in [2.05, 4.69) is 15.6 Å². The monoisotopic (exact) mass is 295 g/mol. The highest BCUT2D eigenvalue weighted by atomic mass is 16.1. The molecule has 0 bridgehead atoms. The van der Waals surface area contributed by atoms with E-state index in [1.54, 1.807) is 12.3 Å². The van der Waals surface area contributed by atoms with Gasteiger partial charge < -0.3 is 10.6 Å². The van der Waals surface area contributed by atoms with Crippen molar-refractivity contribution in [3.05, 3.63) is 53.9 Å². The van der Waals surface area contributed by atoms with Gasteiger partial charge in [0, 0.05) is 11.7 Å². The number of carbonyl (C=O) groups excluding carboxylic acids is 1. The zero-order valence-electron chi connectivity index (χ0n) is 12.8. The van der Waals surface area contributed by atoms with E-state index in [9.17, 15) is 4.79 Å². The summed E-state index contributed by atoms with van der Waals surface area (Å²) in [5, 5.41) is 6.32. The van der Waals surface area contributed by atoms with Crippen molar-refractivity contribution in [3.8, 4) is 0 Å². The second-order valence-corrected chi connectivity index (χ2v) is 5.88. The molecule has 1 heterocycles. The number of hydrogen-bond acceptors (Lipinski definition) is 3. The Labute approximate surface area is 131 Å². The second-order valence-electron chi connectivity index (χ2n) is 5.88. The minimum absolute atomic E-state index is 0.184. The predicted octanol–water partition coefficient (Wildman–Crippen LogP) is 4.00. The van der Waals surface area contributed by atoms with E-state index in [0.29, 0.717) is 11.7 Å². The molecular weight excluding hydrogens is 274 g/mol. The lowest BCUT2D eigenvalue weighted by molar-refractivity contribution is 0.102. The molecule has 0 radical (unpaired) electrons. The SMILES string of the molecule is Cc1ccc(NC(=O)c2ccc(NC3CCCC3)cn2)cc1. The van der Waals surface area contributed by atoms with E-state index >= 15 is 0 Å². The molecule has 0 atom stereocenters. The number of pyridine rings is 1. The molecule has 4 heteroatoms. The van der Waals surface area contributed by atoms with Gasteiger partial charge in [-0.1, -0.05) is 30.5 Å². The van der Waals surface area contributed by atoms with Crippen LogP contribution >= 0.6 is 0 Å². The minimum Gasteiger partial charge on any atom is -0.381 e. The van der Waals surface area contributed by atoms with Gasteiger partial charge in [0.25, 0.3) is 5.91 Å². The van der Waals surface area contributed by atoms with Gasteiger partial charge >= 0.3 is 0 Å². The van der Waals surface area contributed by atoms with Crippen molar-refractivity contribution >= 4 is 17.3 Å². The van der Waals surface area contributed by atoms with Crippen molar-refractivity contribution in [1.82, 2.24) is 4.98 Å². The maximum atomic E-state index is 12.2. The smallest absolute Gasteiger partial charge is 0.274 e. The first-order valence-electron chi connectivity index (χ1n) is 7.81. The lowest BCUT2D eigenvalue weighted by atomic mass is 10.2. The fraction of sp³-hybridized carbons (Fsp3) is 0.333. The number of anilines is 2. The number of hydrogen-bond donors (Lipinski definition) is 2. The minimum atomic E-state index is -0.184. The summed E-state index contributed by atoms with van der Waals surface area (Å²) in [5.41, 5.74) is 3.36. The fourth-order valence-electron chi connectivity index (χ4n) is 2.75. The van der Waals surface area contributed by atoms with E-state index in [4.69, 9.17) is 0 Å². The molecule has 1 aromatic carbocycles. The van der Waals surface area contributed by atoms with Gasteiger partial charge in [0.15, 0.2) is 0 Å². The number of aryl methyl sites for hydroxylation is 1. The molecule has 114 valence electrons. The van der Waals surface area contributed by atoms with Crippen LogP contribution in [-0.4, -0.2) is 16.9 Å². The number of carbonyl (C=O) groups is 1. The maximum absolute atomic E-state index is 12.2. The molecule has 1 aliphatic rings. The standard InChI is InChI=1S/C18H21N3O/c1-13-6-8-15(9-7-13)21-18(22)17-11-10-16(12-19-17)20-14-4-2-3-5-14/h6-12,14,20H,2-5H2,1H3,(H,21,22). The highest BCUT2D eigenvalue weighted by molar-refractivity contribution is 6.02. The van der Waals surface area contributed by atoms with Crippen LogP contribution in [-0.2, 0) is 0 Å². The van der Waals surface area contributed by atoms with Crippen LogP contribution in [0.3, 0.4) is 0 Å². The lowest BCUT2D eigenvalue weighted by Crippen LogP contribution is -2.16. The highest BCUT2D eigenvalue weighted by Crippen LogP contribution is 2.22. The normalized spacial score (nSPS) is 14.8. The number of benzene rings is 1. The Morgan fingerprint density at radius 3 is 2.36 bits per heavy atom. The van der Waals surface area contributed by atoms with E-state index in [1.807, 2.05) is 37.3 Å². The second kappa shape index (κ2) is 6.60. The van der Waals surface area contributed by atoms with Crippen LogP contribution in [0.1, 0.15) is 41.7 Å². The summed E-state index contributed by atoms with van der Waals surface area (Å²) in [6, 6.07) is 12.0. The van der Waals surface area contributed by atoms with Crippen molar-refractivity contribution in [2.75, 3.05) is 10.6 Å². The van der Waals surface area contributed by atoms with Crippen molar-refractivity contribution in [2.45, 2.75) is 38.6 Å². The lowest BCUT2D eigenvalue weighted by Gasteiger charge is -2.13. The third kappa shape index (κ3) is 3.64. The first-order chi connectivity index (χ1) is 10.7. The third-order valence-electron chi connectivity index (χ3n) is 4.03. The number of aromatic nitrogens is 1. The van der Waals surface area contributed by atoms with Gasteiger partial charge in [0.05, 0.1) is 11.9 Å². The number of rotatable bonds is 4. The zero-order valence-corrected chi connectivity index (χ0v) is 12.8. The number of amides is 1. The zero-order chi connectivity index (χ0) is 15.4. The Hall–Kier alpha value is -2.36. The summed E-state index contributed by atoms with van der Waals surface area (Å²) >= 11 is 0. The molecule has 1 aromatic heterocycles. The summed E-state index contributed by atoms with van der Waals surface area (Å²) < 4.78 is 0. The van der Waals surface area contributed by atoms with Gasteiger partial charge in [-0.2, -0.15) is 0 Å². The largest absolute Gasteiger partial charge is 0.381 e. The Morgan fingerprint density at radius 1 is 1.05 bits per heavy atom. The third-order valence-corrected chi connectivity index (χ3v) is 4.03. The molecule has 3 rings (SSSR count). The fourth-order valence-corrected chi connectivity index (χ4v) is 2.75. The first-order valence-corrected chi connectivity index (χ1v) is 7.81. The predicted molar refractivity (Wildman–Crippen MR) is 89.2 cm³/mol. The average Bonchev–Trinajstić information content (AvgIpc) is 3.03. The molecule has 0 saturated heterocycles. The van der Waals surface area contributed by atoms with E-state index in [1.165, 1.54) is 31.2 Å². The van der Waals surface area contributed by atoms with Crippen LogP contribution in [0.4, 0.5) is 11.4 Å². The van der Waals surface area contributed by atoms with Gasteiger partial charge in [-0.25, -0.2) is 4.98 Å². The van der Waals surface area contributed by atoms with Crippen molar-refractivity contribution < 1.29 is 4.79 Å². The Bertz CT molecular complexity index is 628. The topological polar surface area (TPSA) is 54.0 Å². The van der Waals surface area contributed by atoms with Gasteiger partial charge in [0.1, 0.15) is 5.69 Å². The Balaban J connectivity index is 1.61. The maximum Gasteiger partial charge on any atom is 0.274 e. The molecule has 1 fully saturated rings. The molecule has 1 aliphatic carbocycles. The van der Waals surface area contributed by atoms with Crippen LogP contribution in [0, 0.1) is 6.92 Å². The van der Waals surface area contributed by atoms with Crippen molar-refractivity contribution in [1.29, 1.82) is 0 Å². The van der Waals surface area contributed by atoms with Crippen LogP contribution in [0.25, 0.3) is 0 Å². The average molecular weight is 295 g/mol. The molecular formula is C18H21N3O. The van der Waals surface area contributed by atoms with Gasteiger partial charge in [0.2, 0.25) is 0 Å². The van der Waals surface area contributed by atoms with Crippen LogP contribution in [0.5, 0.6) is 0 Å². The number of nitrogens with zero attached hydrogens (tertiary/aromatic N) is 1. The van der Waals surface area contributed by atoms with Crippen molar-refractivity contribution in [2.24, 2.45) is 0 Å². The molecule has 0 aliphatic heterocycles. The van der Waals surface area contributed by atoms with Crippen molar-refractivity contribution in [3.63, 3.8) is 0 Å². The summed E-state index contributed by atoms with van der Waals surface area (Å²) in [6.45, 7) is 2.02. The molecule has 0 unspecified atom stereocenters. The van der Waals surface area contributed by atoms with Gasteiger partial charge in [-0.3, -0.25) is 4.79 Å². The molecule has 2 N–H and O–H groups in total.